The molecule has 0 aromatic heterocycles. The molecule has 1 aromatic rings. The lowest BCUT2D eigenvalue weighted by molar-refractivity contribution is -0.136. The van der Waals surface area contributed by atoms with Crippen LogP contribution in [0.5, 0.6) is 0 Å². The molecule has 0 bridgehead atoms. The molecule has 1 heterocycles. The summed E-state index contributed by atoms with van der Waals surface area (Å²) in [6, 6.07) is 2.38. The van der Waals surface area contributed by atoms with Gasteiger partial charge in [-0.2, -0.15) is 0 Å². The number of rotatable bonds is 2. The monoisotopic (exact) mass is 294 g/mol. The van der Waals surface area contributed by atoms with E-state index in [-0.39, 0.29) is 22.8 Å². The van der Waals surface area contributed by atoms with Gasteiger partial charge in [0.2, 0.25) is 5.91 Å². The second-order valence-electron chi connectivity index (χ2n) is 5.69. The van der Waals surface area contributed by atoms with Crippen LogP contribution in [-0.4, -0.2) is 42.4 Å². The Morgan fingerprint density at radius 2 is 1.95 bits per heavy atom. The van der Waals surface area contributed by atoms with E-state index in [1.54, 1.807) is 30.7 Å². The summed E-state index contributed by atoms with van der Waals surface area (Å²) in [7, 11) is 1.70. The van der Waals surface area contributed by atoms with Crippen LogP contribution >= 0.6 is 0 Å². The van der Waals surface area contributed by atoms with Crippen molar-refractivity contribution in [1.82, 2.24) is 4.90 Å². The fourth-order valence-corrected chi connectivity index (χ4v) is 2.63. The minimum Gasteiger partial charge on any atom is -0.398 e. The zero-order valence-electron chi connectivity index (χ0n) is 12.3. The SMILES string of the molecule is CN1CCN(c2cc(C(N)=O)c(N)cc2F)C(C)(C)C1=O. The van der Waals surface area contributed by atoms with Crippen LogP contribution in [0.3, 0.4) is 0 Å². The van der Waals surface area contributed by atoms with Crippen LogP contribution in [0.15, 0.2) is 12.1 Å². The predicted molar refractivity (Wildman–Crippen MR) is 78.4 cm³/mol. The van der Waals surface area contributed by atoms with Gasteiger partial charge in [0.15, 0.2) is 0 Å². The third kappa shape index (κ3) is 2.39. The number of piperazine rings is 1. The van der Waals surface area contributed by atoms with Gasteiger partial charge in [-0.05, 0) is 26.0 Å². The van der Waals surface area contributed by atoms with E-state index < -0.39 is 17.3 Å². The highest BCUT2D eigenvalue weighted by molar-refractivity contribution is 5.99. The molecule has 114 valence electrons. The molecular formula is C14H19FN4O2. The van der Waals surface area contributed by atoms with Crippen molar-refractivity contribution in [2.24, 2.45) is 5.73 Å². The number of carbonyl (C=O) groups excluding carboxylic acids is 2. The molecule has 7 heteroatoms. The average molecular weight is 294 g/mol. The van der Waals surface area contributed by atoms with E-state index in [0.717, 1.165) is 6.07 Å². The summed E-state index contributed by atoms with van der Waals surface area (Å²) in [5.74, 6) is -1.43. The topological polar surface area (TPSA) is 92.7 Å². The van der Waals surface area contributed by atoms with Crippen LogP contribution in [0.4, 0.5) is 15.8 Å². The van der Waals surface area contributed by atoms with Gasteiger partial charge in [-0.25, -0.2) is 4.39 Å². The Bertz CT molecular complexity index is 615. The summed E-state index contributed by atoms with van der Waals surface area (Å²) in [6.45, 7) is 4.35. The number of hydrogen-bond donors (Lipinski definition) is 2. The average Bonchev–Trinajstić information content (AvgIpc) is 2.37. The Hall–Kier alpha value is -2.31. The maximum Gasteiger partial charge on any atom is 0.250 e. The van der Waals surface area contributed by atoms with Crippen molar-refractivity contribution >= 4 is 23.2 Å². The molecule has 1 saturated heterocycles. The Balaban J connectivity index is 2.53. The van der Waals surface area contributed by atoms with E-state index in [4.69, 9.17) is 11.5 Å². The van der Waals surface area contributed by atoms with Crippen LogP contribution in [0, 0.1) is 5.82 Å². The largest absolute Gasteiger partial charge is 0.398 e. The highest BCUT2D eigenvalue weighted by Gasteiger charge is 2.41. The molecule has 0 saturated carbocycles. The van der Waals surface area contributed by atoms with E-state index in [2.05, 4.69) is 0 Å². The van der Waals surface area contributed by atoms with E-state index in [1.165, 1.54) is 6.07 Å². The fourth-order valence-electron chi connectivity index (χ4n) is 2.63. The number of anilines is 2. The predicted octanol–water partition coefficient (Wildman–Crippen LogP) is 0.564. The van der Waals surface area contributed by atoms with Crippen molar-refractivity contribution in [3.05, 3.63) is 23.5 Å². The highest BCUT2D eigenvalue weighted by atomic mass is 19.1. The van der Waals surface area contributed by atoms with E-state index in [9.17, 15) is 14.0 Å². The second kappa shape index (κ2) is 4.91. The van der Waals surface area contributed by atoms with Crippen LogP contribution in [0.2, 0.25) is 0 Å². The smallest absolute Gasteiger partial charge is 0.250 e. The first kappa shape index (κ1) is 15.1. The summed E-state index contributed by atoms with van der Waals surface area (Å²) in [4.78, 5) is 26.9. The number of nitrogens with two attached hydrogens (primary N) is 2. The Labute approximate surface area is 122 Å². The lowest BCUT2D eigenvalue weighted by atomic mass is 9.96. The number of nitrogen functional groups attached to an aromatic ring is 1. The Kier molecular flexibility index (Phi) is 3.52. The number of amides is 2. The van der Waals surface area contributed by atoms with Crippen molar-refractivity contribution in [3.63, 3.8) is 0 Å². The molecule has 1 fully saturated rings. The molecule has 0 spiro atoms. The lowest BCUT2D eigenvalue weighted by Gasteiger charge is -2.46. The minimum absolute atomic E-state index is 0.0120. The van der Waals surface area contributed by atoms with Gasteiger partial charge in [0, 0.05) is 25.8 Å². The molecule has 1 aliphatic heterocycles. The second-order valence-corrected chi connectivity index (χ2v) is 5.69. The number of primary amides is 1. The maximum atomic E-state index is 14.2. The maximum absolute atomic E-state index is 14.2. The van der Waals surface area contributed by atoms with Crippen LogP contribution < -0.4 is 16.4 Å². The van der Waals surface area contributed by atoms with Gasteiger partial charge in [0.05, 0.1) is 11.3 Å². The number of benzene rings is 1. The van der Waals surface area contributed by atoms with Gasteiger partial charge in [-0.15, -0.1) is 0 Å². The molecule has 4 N–H and O–H groups in total. The molecule has 2 amide bonds. The first-order chi connectivity index (χ1) is 9.66. The molecule has 0 unspecified atom stereocenters. The highest BCUT2D eigenvalue weighted by Crippen LogP contribution is 2.33. The van der Waals surface area contributed by atoms with Crippen molar-refractivity contribution in [1.29, 1.82) is 0 Å². The molecule has 2 rings (SSSR count). The number of halogens is 1. The normalized spacial score (nSPS) is 18.0. The zero-order valence-corrected chi connectivity index (χ0v) is 12.3. The molecular weight excluding hydrogens is 275 g/mol. The summed E-state index contributed by atoms with van der Waals surface area (Å²) < 4.78 is 14.2. The van der Waals surface area contributed by atoms with Gasteiger partial charge in [0.25, 0.3) is 5.91 Å². The van der Waals surface area contributed by atoms with E-state index in [1.807, 2.05) is 0 Å². The lowest BCUT2D eigenvalue weighted by Crippen LogP contribution is -2.62. The Morgan fingerprint density at radius 1 is 1.33 bits per heavy atom. The van der Waals surface area contributed by atoms with Crippen molar-refractivity contribution < 1.29 is 14.0 Å². The van der Waals surface area contributed by atoms with Crippen molar-refractivity contribution in [3.8, 4) is 0 Å². The molecule has 1 aliphatic rings. The van der Waals surface area contributed by atoms with Crippen LogP contribution in [-0.2, 0) is 4.79 Å². The molecule has 21 heavy (non-hydrogen) atoms. The van der Waals surface area contributed by atoms with Gasteiger partial charge in [0.1, 0.15) is 11.4 Å². The van der Waals surface area contributed by atoms with E-state index >= 15 is 0 Å². The number of likely N-dealkylation sites (N-methyl/N-ethyl adjacent to an activating group) is 1. The summed E-state index contributed by atoms with van der Waals surface area (Å²) >= 11 is 0. The van der Waals surface area contributed by atoms with E-state index in [0.29, 0.717) is 13.1 Å². The van der Waals surface area contributed by atoms with Gasteiger partial charge < -0.3 is 21.3 Å². The number of carbonyl (C=O) groups is 2. The molecule has 0 aliphatic carbocycles. The van der Waals surface area contributed by atoms with Gasteiger partial charge >= 0.3 is 0 Å². The quantitative estimate of drug-likeness (QED) is 0.780. The number of nitrogens with zero attached hydrogens (tertiary/aromatic N) is 2. The van der Waals surface area contributed by atoms with Gasteiger partial charge in [-0.1, -0.05) is 0 Å². The third-order valence-corrected chi connectivity index (χ3v) is 3.88. The van der Waals surface area contributed by atoms with Gasteiger partial charge in [-0.3, -0.25) is 9.59 Å². The summed E-state index contributed by atoms with van der Waals surface area (Å²) in [5.41, 5.74) is 10.1. The fraction of sp³-hybridized carbons (Fsp3) is 0.429. The Morgan fingerprint density at radius 3 is 2.52 bits per heavy atom. The van der Waals surface area contributed by atoms with Crippen LogP contribution in [0.25, 0.3) is 0 Å². The molecule has 0 atom stereocenters. The van der Waals surface area contributed by atoms with Crippen molar-refractivity contribution in [2.75, 3.05) is 30.8 Å². The molecule has 6 nitrogen and oxygen atoms in total. The number of hydrogen-bond acceptors (Lipinski definition) is 4. The zero-order chi connectivity index (χ0) is 15.9. The minimum atomic E-state index is -0.918. The summed E-state index contributed by atoms with van der Waals surface area (Å²) in [5, 5.41) is 0. The third-order valence-electron chi connectivity index (χ3n) is 3.88. The first-order valence-corrected chi connectivity index (χ1v) is 6.58. The summed E-state index contributed by atoms with van der Waals surface area (Å²) in [6.07, 6.45) is 0. The first-order valence-electron chi connectivity index (χ1n) is 6.58. The van der Waals surface area contributed by atoms with Crippen LogP contribution in [0.1, 0.15) is 24.2 Å². The standard InChI is InChI=1S/C14H19FN4O2/c1-14(2)13(21)18(3)4-5-19(14)11-6-8(12(17)20)10(16)7-9(11)15/h6-7H,4-5,16H2,1-3H3,(H2,17,20). The molecule has 1 aromatic carbocycles. The van der Waals surface area contributed by atoms with Crippen molar-refractivity contribution in [2.45, 2.75) is 19.4 Å². The molecule has 0 radical (unpaired) electrons.